The van der Waals surface area contributed by atoms with Crippen LogP contribution in [0.25, 0.3) is 0 Å². The van der Waals surface area contributed by atoms with E-state index in [9.17, 15) is 0 Å². The van der Waals surface area contributed by atoms with E-state index in [0.717, 1.165) is 29.4 Å². The van der Waals surface area contributed by atoms with Gasteiger partial charge in [0.05, 0.1) is 7.11 Å². The summed E-state index contributed by atoms with van der Waals surface area (Å²) in [5, 5.41) is 0.721. The molecule has 0 saturated carbocycles. The first-order valence-electron chi connectivity index (χ1n) is 6.50. The Balaban J connectivity index is 2.17. The van der Waals surface area contributed by atoms with E-state index in [2.05, 4.69) is 18.4 Å². The second-order valence-corrected chi connectivity index (χ2v) is 5.21. The first-order chi connectivity index (χ1) is 9.15. The molecule has 1 aliphatic rings. The number of likely N-dealkylation sites (tertiary alicyclic amines) is 1. The van der Waals surface area contributed by atoms with Gasteiger partial charge in [-0.25, -0.2) is 0 Å². The van der Waals surface area contributed by atoms with Gasteiger partial charge < -0.3 is 9.47 Å². The van der Waals surface area contributed by atoms with Gasteiger partial charge in [0.25, 0.3) is 0 Å². The summed E-state index contributed by atoms with van der Waals surface area (Å²) >= 11 is 6.32. The maximum Gasteiger partial charge on any atom is 0.163 e. The summed E-state index contributed by atoms with van der Waals surface area (Å²) in [6.07, 6.45) is 2.96. The minimum atomic E-state index is 0.440. The molecule has 0 aromatic heterocycles. The van der Waals surface area contributed by atoms with Crippen LogP contribution in [-0.2, 0) is 6.54 Å². The highest BCUT2D eigenvalue weighted by atomic mass is 35.5. The maximum absolute atomic E-state index is 6.32. The first-order valence-corrected chi connectivity index (χ1v) is 6.87. The largest absolute Gasteiger partial charge is 0.493 e. The molecule has 0 amide bonds. The lowest BCUT2D eigenvalue weighted by Crippen LogP contribution is -2.44. The van der Waals surface area contributed by atoms with Gasteiger partial charge in [0.1, 0.15) is 6.61 Å². The van der Waals surface area contributed by atoms with Crippen molar-refractivity contribution in [3.05, 3.63) is 35.4 Å². The second kappa shape index (κ2) is 6.31. The first kappa shape index (κ1) is 14.2. The Morgan fingerprint density at radius 3 is 2.79 bits per heavy atom. The Kier molecular flexibility index (Phi) is 4.72. The Morgan fingerprint density at radius 2 is 2.26 bits per heavy atom. The van der Waals surface area contributed by atoms with E-state index in [1.807, 2.05) is 12.1 Å². The Labute approximate surface area is 119 Å². The lowest BCUT2D eigenvalue weighted by molar-refractivity contribution is 0.0958. The van der Waals surface area contributed by atoms with Gasteiger partial charge in [-0.05, 0) is 25.0 Å². The maximum atomic E-state index is 6.32. The number of nitrogens with zero attached hydrogens (tertiary/aromatic N) is 1. The standard InChI is InChI=1S/C15H20ClNO2/c1-4-7-19-15-9-13(16)12(8-14(15)18-3)10-17-6-5-11(17)2/h4,8-9,11H,1,5-7,10H2,2-3H3. The fourth-order valence-electron chi connectivity index (χ4n) is 2.14. The lowest BCUT2D eigenvalue weighted by Gasteiger charge is -2.38. The summed E-state index contributed by atoms with van der Waals surface area (Å²) in [7, 11) is 1.64. The molecule has 1 unspecified atom stereocenters. The molecule has 1 heterocycles. The van der Waals surface area contributed by atoms with Crippen molar-refractivity contribution in [1.82, 2.24) is 4.90 Å². The normalized spacial score (nSPS) is 18.8. The lowest BCUT2D eigenvalue weighted by atomic mass is 10.0. The zero-order valence-electron chi connectivity index (χ0n) is 11.5. The number of benzene rings is 1. The molecule has 0 aliphatic carbocycles. The van der Waals surface area contributed by atoms with Crippen molar-refractivity contribution < 1.29 is 9.47 Å². The molecule has 0 bridgehead atoms. The summed E-state index contributed by atoms with van der Waals surface area (Å²) in [5.74, 6) is 1.38. The number of rotatable bonds is 6. The van der Waals surface area contributed by atoms with E-state index in [4.69, 9.17) is 21.1 Å². The van der Waals surface area contributed by atoms with E-state index in [-0.39, 0.29) is 0 Å². The van der Waals surface area contributed by atoms with E-state index in [1.165, 1.54) is 6.42 Å². The van der Waals surface area contributed by atoms with Crippen LogP contribution in [0.1, 0.15) is 18.9 Å². The number of ether oxygens (including phenoxy) is 2. The van der Waals surface area contributed by atoms with Crippen molar-refractivity contribution in [2.75, 3.05) is 20.3 Å². The molecule has 104 valence electrons. The molecule has 19 heavy (non-hydrogen) atoms. The third kappa shape index (κ3) is 3.23. The van der Waals surface area contributed by atoms with Gasteiger partial charge in [-0.1, -0.05) is 24.3 Å². The molecule has 1 aliphatic heterocycles. The summed E-state index contributed by atoms with van der Waals surface area (Å²) < 4.78 is 10.9. The molecule has 1 aromatic carbocycles. The third-order valence-electron chi connectivity index (χ3n) is 3.52. The fourth-order valence-corrected chi connectivity index (χ4v) is 2.36. The third-order valence-corrected chi connectivity index (χ3v) is 3.87. The van der Waals surface area contributed by atoms with Crippen molar-refractivity contribution in [1.29, 1.82) is 0 Å². The predicted octanol–water partition coefficient (Wildman–Crippen LogP) is 3.51. The molecular weight excluding hydrogens is 262 g/mol. The molecule has 3 nitrogen and oxygen atoms in total. The molecule has 4 heteroatoms. The molecule has 1 aromatic rings. The summed E-state index contributed by atoms with van der Waals surface area (Å²) in [5.41, 5.74) is 1.08. The van der Waals surface area contributed by atoms with Crippen molar-refractivity contribution in [2.45, 2.75) is 25.9 Å². The van der Waals surface area contributed by atoms with Crippen LogP contribution in [0, 0.1) is 0 Å². The van der Waals surface area contributed by atoms with Crippen LogP contribution < -0.4 is 9.47 Å². The Morgan fingerprint density at radius 1 is 1.47 bits per heavy atom. The molecule has 1 atom stereocenters. The number of hydrogen-bond donors (Lipinski definition) is 0. The Bertz CT molecular complexity index is 462. The Hall–Kier alpha value is -1.19. The monoisotopic (exact) mass is 281 g/mol. The zero-order chi connectivity index (χ0) is 13.8. The summed E-state index contributed by atoms with van der Waals surface area (Å²) in [6, 6.07) is 4.42. The van der Waals surface area contributed by atoms with Gasteiger partial charge in [-0.3, -0.25) is 4.90 Å². The topological polar surface area (TPSA) is 21.7 Å². The van der Waals surface area contributed by atoms with Crippen molar-refractivity contribution in [3.63, 3.8) is 0 Å². The van der Waals surface area contributed by atoms with E-state index < -0.39 is 0 Å². The van der Waals surface area contributed by atoms with Gasteiger partial charge in [0, 0.05) is 30.2 Å². The van der Waals surface area contributed by atoms with Crippen LogP contribution in [0.4, 0.5) is 0 Å². The fraction of sp³-hybridized carbons (Fsp3) is 0.467. The molecule has 0 N–H and O–H groups in total. The van der Waals surface area contributed by atoms with Gasteiger partial charge in [-0.15, -0.1) is 0 Å². The predicted molar refractivity (Wildman–Crippen MR) is 78.2 cm³/mol. The highest BCUT2D eigenvalue weighted by molar-refractivity contribution is 6.31. The van der Waals surface area contributed by atoms with Gasteiger partial charge in [-0.2, -0.15) is 0 Å². The van der Waals surface area contributed by atoms with Crippen LogP contribution in [0.15, 0.2) is 24.8 Å². The SMILES string of the molecule is C=CCOc1cc(Cl)c(CN2CCC2C)cc1OC. The quantitative estimate of drug-likeness (QED) is 0.745. The molecule has 0 radical (unpaired) electrons. The van der Waals surface area contributed by atoms with Gasteiger partial charge in [0.15, 0.2) is 11.5 Å². The molecule has 0 spiro atoms. The number of halogens is 1. The molecule has 1 saturated heterocycles. The van der Waals surface area contributed by atoms with Gasteiger partial charge in [0.2, 0.25) is 0 Å². The highest BCUT2D eigenvalue weighted by Crippen LogP contribution is 2.35. The van der Waals surface area contributed by atoms with Crippen molar-refractivity contribution in [2.24, 2.45) is 0 Å². The second-order valence-electron chi connectivity index (χ2n) is 4.80. The average molecular weight is 282 g/mol. The smallest absolute Gasteiger partial charge is 0.163 e. The van der Waals surface area contributed by atoms with Crippen LogP contribution in [0.2, 0.25) is 5.02 Å². The van der Waals surface area contributed by atoms with E-state index in [0.29, 0.717) is 18.4 Å². The van der Waals surface area contributed by atoms with Crippen molar-refractivity contribution in [3.8, 4) is 11.5 Å². The summed E-state index contributed by atoms with van der Waals surface area (Å²) in [4.78, 5) is 2.39. The van der Waals surface area contributed by atoms with Crippen LogP contribution >= 0.6 is 11.6 Å². The van der Waals surface area contributed by atoms with Crippen LogP contribution in [0.3, 0.4) is 0 Å². The van der Waals surface area contributed by atoms with Gasteiger partial charge >= 0.3 is 0 Å². The number of hydrogen-bond acceptors (Lipinski definition) is 3. The molecule has 1 fully saturated rings. The average Bonchev–Trinajstić information content (AvgIpc) is 2.42. The van der Waals surface area contributed by atoms with E-state index in [1.54, 1.807) is 13.2 Å². The highest BCUT2D eigenvalue weighted by Gasteiger charge is 2.24. The summed E-state index contributed by atoms with van der Waals surface area (Å²) in [6.45, 7) is 8.30. The zero-order valence-corrected chi connectivity index (χ0v) is 12.2. The van der Waals surface area contributed by atoms with Crippen LogP contribution in [0.5, 0.6) is 11.5 Å². The minimum absolute atomic E-state index is 0.440. The molecular formula is C15H20ClNO2. The van der Waals surface area contributed by atoms with Crippen LogP contribution in [-0.4, -0.2) is 31.2 Å². The van der Waals surface area contributed by atoms with E-state index >= 15 is 0 Å². The minimum Gasteiger partial charge on any atom is -0.493 e. The molecule has 2 rings (SSSR count). The number of methoxy groups -OCH3 is 1. The van der Waals surface area contributed by atoms with Crippen molar-refractivity contribution >= 4 is 11.6 Å².